The van der Waals surface area contributed by atoms with Crippen molar-refractivity contribution in [1.29, 1.82) is 0 Å². The molecule has 1 unspecified atom stereocenters. The number of hydrogen-bond donors (Lipinski definition) is 1. The van der Waals surface area contributed by atoms with E-state index in [2.05, 4.69) is 20.8 Å². The third-order valence-electron chi connectivity index (χ3n) is 2.73. The molecule has 1 N–H and O–H groups in total. The second kappa shape index (κ2) is 2.76. The minimum absolute atomic E-state index is 0.0538. The van der Waals surface area contributed by atoms with Crippen LogP contribution >= 0.6 is 0 Å². The minimum atomic E-state index is -0.271. The van der Waals surface area contributed by atoms with Gasteiger partial charge in [-0.25, -0.2) is 0 Å². The van der Waals surface area contributed by atoms with E-state index in [9.17, 15) is 5.11 Å². The fourth-order valence-electron chi connectivity index (χ4n) is 1.65. The van der Waals surface area contributed by atoms with Gasteiger partial charge in [-0.05, 0) is 18.3 Å². The van der Waals surface area contributed by atoms with Crippen molar-refractivity contribution in [1.82, 2.24) is 0 Å². The van der Waals surface area contributed by atoms with Gasteiger partial charge in [0.2, 0.25) is 0 Å². The summed E-state index contributed by atoms with van der Waals surface area (Å²) < 4.78 is 5.60. The van der Waals surface area contributed by atoms with E-state index in [4.69, 9.17) is 4.74 Å². The van der Waals surface area contributed by atoms with Crippen LogP contribution in [-0.4, -0.2) is 23.9 Å². The van der Waals surface area contributed by atoms with Gasteiger partial charge in [0.15, 0.2) is 0 Å². The molecule has 0 aromatic heterocycles. The first-order valence-electron chi connectivity index (χ1n) is 4.27. The molecule has 2 nitrogen and oxygen atoms in total. The van der Waals surface area contributed by atoms with Gasteiger partial charge in [-0.3, -0.25) is 0 Å². The third-order valence-corrected chi connectivity index (χ3v) is 2.73. The molecule has 0 saturated carbocycles. The zero-order chi connectivity index (χ0) is 8.54. The van der Waals surface area contributed by atoms with E-state index in [0.717, 1.165) is 19.4 Å². The lowest BCUT2D eigenvalue weighted by Crippen LogP contribution is -2.45. The average molecular weight is 158 g/mol. The molecule has 1 aliphatic heterocycles. The van der Waals surface area contributed by atoms with Crippen LogP contribution < -0.4 is 0 Å². The van der Waals surface area contributed by atoms with E-state index < -0.39 is 0 Å². The summed E-state index contributed by atoms with van der Waals surface area (Å²) in [6.45, 7) is 7.31. The molecule has 11 heavy (non-hydrogen) atoms. The molecule has 0 bridgehead atoms. The molecule has 1 saturated heterocycles. The van der Waals surface area contributed by atoms with Crippen molar-refractivity contribution in [3.05, 3.63) is 0 Å². The summed E-state index contributed by atoms with van der Waals surface area (Å²) >= 11 is 0. The highest BCUT2D eigenvalue weighted by Gasteiger charge is 2.44. The van der Waals surface area contributed by atoms with Crippen LogP contribution in [-0.2, 0) is 4.74 Å². The molecule has 1 atom stereocenters. The van der Waals surface area contributed by atoms with Crippen molar-refractivity contribution >= 4 is 0 Å². The molecule has 0 aliphatic carbocycles. The molecule has 66 valence electrons. The van der Waals surface area contributed by atoms with Crippen LogP contribution in [0.3, 0.4) is 0 Å². The molecule has 1 rings (SSSR count). The molecule has 0 aromatic rings. The Morgan fingerprint density at radius 2 is 2.09 bits per heavy atom. The van der Waals surface area contributed by atoms with Gasteiger partial charge in [0.1, 0.15) is 0 Å². The van der Waals surface area contributed by atoms with Crippen molar-refractivity contribution < 1.29 is 9.84 Å². The average Bonchev–Trinajstić information content (AvgIpc) is 2.33. The monoisotopic (exact) mass is 158 g/mol. The first-order valence-corrected chi connectivity index (χ1v) is 4.27. The standard InChI is InChI=1S/C9H18O2/c1-8(2,3)9(7-10)5-4-6-11-9/h10H,4-7H2,1-3H3. The van der Waals surface area contributed by atoms with Crippen LogP contribution in [0.2, 0.25) is 0 Å². The van der Waals surface area contributed by atoms with Crippen LogP contribution in [0.15, 0.2) is 0 Å². The zero-order valence-electron chi connectivity index (χ0n) is 7.68. The predicted molar refractivity (Wildman–Crippen MR) is 44.5 cm³/mol. The maximum absolute atomic E-state index is 9.23. The van der Waals surface area contributed by atoms with E-state index in [-0.39, 0.29) is 17.6 Å². The Morgan fingerprint density at radius 1 is 1.45 bits per heavy atom. The van der Waals surface area contributed by atoms with Crippen molar-refractivity contribution in [2.75, 3.05) is 13.2 Å². The largest absolute Gasteiger partial charge is 0.393 e. The molecule has 1 aliphatic rings. The molecule has 0 amide bonds. The van der Waals surface area contributed by atoms with Gasteiger partial charge in [0.25, 0.3) is 0 Å². The van der Waals surface area contributed by atoms with E-state index in [1.54, 1.807) is 0 Å². The van der Waals surface area contributed by atoms with Crippen molar-refractivity contribution in [3.63, 3.8) is 0 Å². The van der Waals surface area contributed by atoms with E-state index in [1.807, 2.05) is 0 Å². The van der Waals surface area contributed by atoms with Gasteiger partial charge in [-0.15, -0.1) is 0 Å². The Bertz CT molecular complexity index is 129. The van der Waals surface area contributed by atoms with Crippen molar-refractivity contribution in [2.24, 2.45) is 5.41 Å². The second-order valence-corrected chi connectivity index (χ2v) is 4.35. The van der Waals surface area contributed by atoms with Gasteiger partial charge >= 0.3 is 0 Å². The normalized spacial score (nSPS) is 32.7. The Morgan fingerprint density at radius 3 is 2.27 bits per heavy atom. The first kappa shape index (κ1) is 9.01. The molecule has 2 heteroatoms. The number of ether oxygens (including phenoxy) is 1. The van der Waals surface area contributed by atoms with Crippen LogP contribution in [0.5, 0.6) is 0 Å². The maximum atomic E-state index is 9.23. The molecule has 0 aromatic carbocycles. The highest BCUT2D eigenvalue weighted by Crippen LogP contribution is 2.40. The number of hydrogen-bond acceptors (Lipinski definition) is 2. The topological polar surface area (TPSA) is 29.5 Å². The summed E-state index contributed by atoms with van der Waals surface area (Å²) in [5.74, 6) is 0. The number of rotatable bonds is 1. The summed E-state index contributed by atoms with van der Waals surface area (Å²) in [4.78, 5) is 0. The fourth-order valence-corrected chi connectivity index (χ4v) is 1.65. The van der Waals surface area contributed by atoms with Gasteiger partial charge in [0, 0.05) is 6.61 Å². The quantitative estimate of drug-likeness (QED) is 0.627. The van der Waals surface area contributed by atoms with Crippen molar-refractivity contribution in [3.8, 4) is 0 Å². The summed E-state index contributed by atoms with van der Waals surface area (Å²) in [6.07, 6.45) is 2.07. The lowest BCUT2D eigenvalue weighted by Gasteiger charge is -2.39. The Balaban J connectivity index is 2.75. The van der Waals surface area contributed by atoms with E-state index in [1.165, 1.54) is 0 Å². The Kier molecular flexibility index (Phi) is 2.26. The first-order chi connectivity index (χ1) is 5.02. The highest BCUT2D eigenvalue weighted by molar-refractivity contribution is 4.94. The van der Waals surface area contributed by atoms with Gasteiger partial charge in [0.05, 0.1) is 12.2 Å². The zero-order valence-corrected chi connectivity index (χ0v) is 7.68. The van der Waals surface area contributed by atoms with Crippen LogP contribution in [0.1, 0.15) is 33.6 Å². The molecule has 1 heterocycles. The number of aliphatic hydroxyl groups excluding tert-OH is 1. The Labute approximate surface area is 68.6 Å². The van der Waals surface area contributed by atoms with Gasteiger partial charge in [-0.1, -0.05) is 20.8 Å². The fraction of sp³-hybridized carbons (Fsp3) is 1.00. The molecular formula is C9H18O2. The van der Waals surface area contributed by atoms with E-state index in [0.29, 0.717) is 0 Å². The smallest absolute Gasteiger partial charge is 0.0960 e. The lowest BCUT2D eigenvalue weighted by atomic mass is 9.75. The molecule has 0 spiro atoms. The van der Waals surface area contributed by atoms with Gasteiger partial charge in [-0.2, -0.15) is 0 Å². The summed E-state index contributed by atoms with van der Waals surface area (Å²) in [5.41, 5.74) is -0.217. The Hall–Kier alpha value is -0.0800. The van der Waals surface area contributed by atoms with Crippen LogP contribution in [0, 0.1) is 5.41 Å². The molecule has 1 fully saturated rings. The van der Waals surface area contributed by atoms with Crippen LogP contribution in [0.25, 0.3) is 0 Å². The second-order valence-electron chi connectivity index (χ2n) is 4.35. The summed E-state index contributed by atoms with van der Waals surface area (Å²) in [5, 5.41) is 9.23. The lowest BCUT2D eigenvalue weighted by molar-refractivity contribution is -0.109. The SMILES string of the molecule is CC(C)(C)C1(CO)CCCO1. The number of aliphatic hydroxyl groups is 1. The highest BCUT2D eigenvalue weighted by atomic mass is 16.5. The maximum Gasteiger partial charge on any atom is 0.0960 e. The van der Waals surface area contributed by atoms with E-state index >= 15 is 0 Å². The predicted octanol–water partition coefficient (Wildman–Crippen LogP) is 1.57. The van der Waals surface area contributed by atoms with Crippen LogP contribution in [0.4, 0.5) is 0 Å². The van der Waals surface area contributed by atoms with Crippen molar-refractivity contribution in [2.45, 2.75) is 39.2 Å². The van der Waals surface area contributed by atoms with Gasteiger partial charge < -0.3 is 9.84 Å². The third kappa shape index (κ3) is 1.42. The minimum Gasteiger partial charge on any atom is -0.393 e. The molecular weight excluding hydrogens is 140 g/mol. The summed E-state index contributed by atoms with van der Waals surface area (Å²) in [6, 6.07) is 0. The summed E-state index contributed by atoms with van der Waals surface area (Å²) in [7, 11) is 0. The molecule has 0 radical (unpaired) electrons.